The van der Waals surface area contributed by atoms with Gasteiger partial charge in [0.1, 0.15) is 20.2 Å². The van der Waals surface area contributed by atoms with E-state index in [0.29, 0.717) is 31.5 Å². The lowest BCUT2D eigenvalue weighted by molar-refractivity contribution is 0.0249. The first kappa shape index (κ1) is 36.5. The molecule has 0 aliphatic heterocycles. The molecule has 1 atom stereocenters. The van der Waals surface area contributed by atoms with Crippen molar-refractivity contribution in [2.24, 2.45) is 0 Å². The summed E-state index contributed by atoms with van der Waals surface area (Å²) >= 11 is 0. The third kappa shape index (κ3) is 18.7. The van der Waals surface area contributed by atoms with Crippen molar-refractivity contribution in [2.45, 2.75) is 31.5 Å². The van der Waals surface area contributed by atoms with Crippen LogP contribution in [0.4, 0.5) is 0 Å². The van der Waals surface area contributed by atoms with Crippen molar-refractivity contribution in [3.63, 3.8) is 0 Å². The monoisotopic (exact) mass is 626 g/mol. The summed E-state index contributed by atoms with van der Waals surface area (Å²) in [5.74, 6) is 0. The summed E-state index contributed by atoms with van der Waals surface area (Å²) in [6.45, 7) is 0.491. The maximum Gasteiger partial charge on any atom is 0.491 e. The van der Waals surface area contributed by atoms with Crippen LogP contribution in [-0.2, 0) is 44.7 Å². The standard InChI is InChI=1S/C13H37N2O16P3Si2/c1-25-35(4,9-6-8-15(12-29-33(19,20)21)13-30-34(22,23)24)31-36(26-2,27-3)10-5-7-14-11-28-32(16,17)18/h14H,5-13H2,1-4H3,(H2,16,17,18)(H2,19,20,21)(H2,22,23,24). The topological polar surface area (TPSA) is 252 Å². The molecule has 0 saturated carbocycles. The van der Waals surface area contributed by atoms with Crippen LogP contribution in [0, 0.1) is 0 Å². The van der Waals surface area contributed by atoms with E-state index in [9.17, 15) is 13.7 Å². The summed E-state index contributed by atoms with van der Waals surface area (Å²) in [5, 5.41) is 2.71. The molecule has 0 bridgehead atoms. The first-order valence-corrected chi connectivity index (χ1v) is 19.3. The molecule has 0 fully saturated rings. The molecule has 36 heavy (non-hydrogen) atoms. The zero-order chi connectivity index (χ0) is 28.1. The van der Waals surface area contributed by atoms with E-state index in [4.69, 9.17) is 46.8 Å². The normalized spacial score (nSPS) is 15.4. The van der Waals surface area contributed by atoms with E-state index < -0.39 is 54.3 Å². The molecule has 1 unspecified atom stereocenters. The molecule has 218 valence electrons. The average molecular weight is 627 g/mol. The van der Waals surface area contributed by atoms with Gasteiger partial charge >= 0.3 is 40.8 Å². The van der Waals surface area contributed by atoms with Gasteiger partial charge in [-0.1, -0.05) is 0 Å². The van der Waals surface area contributed by atoms with Crippen molar-refractivity contribution < 1.29 is 74.0 Å². The van der Waals surface area contributed by atoms with Gasteiger partial charge in [0.15, 0.2) is 0 Å². The molecule has 0 aromatic rings. The summed E-state index contributed by atoms with van der Waals surface area (Å²) in [7, 11) is -16.1. The van der Waals surface area contributed by atoms with E-state index in [1.807, 2.05) is 0 Å². The Morgan fingerprint density at radius 1 is 0.750 bits per heavy atom. The molecule has 0 aromatic carbocycles. The number of nitrogens with one attached hydrogen (secondary N) is 1. The highest BCUT2D eigenvalue weighted by Gasteiger charge is 2.47. The second-order valence-electron chi connectivity index (χ2n) is 7.39. The summed E-state index contributed by atoms with van der Waals surface area (Å²) in [6, 6.07) is 0.675. The minimum absolute atomic E-state index is 0.0628. The molecule has 0 aliphatic carbocycles. The molecule has 0 heterocycles. The van der Waals surface area contributed by atoms with Gasteiger partial charge in [0.05, 0.1) is 0 Å². The number of phosphoric ester groups is 3. The van der Waals surface area contributed by atoms with Crippen molar-refractivity contribution in [1.29, 1.82) is 0 Å². The lowest BCUT2D eigenvalue weighted by Crippen LogP contribution is -2.54. The predicted molar refractivity (Wildman–Crippen MR) is 127 cm³/mol. The lowest BCUT2D eigenvalue weighted by Gasteiger charge is -2.36. The van der Waals surface area contributed by atoms with Gasteiger partial charge in [-0.3, -0.25) is 23.8 Å². The zero-order valence-corrected chi connectivity index (χ0v) is 25.1. The van der Waals surface area contributed by atoms with E-state index in [1.54, 1.807) is 6.55 Å². The highest BCUT2D eigenvalue weighted by atomic mass is 31.2. The largest absolute Gasteiger partial charge is 0.491 e. The minimum Gasteiger partial charge on any atom is -0.398 e. The fourth-order valence-corrected chi connectivity index (χ4v) is 10.2. The second-order valence-corrected chi connectivity index (χ2v) is 17.8. The Morgan fingerprint density at radius 3 is 1.67 bits per heavy atom. The van der Waals surface area contributed by atoms with Crippen LogP contribution < -0.4 is 5.32 Å². The quantitative estimate of drug-likeness (QED) is 0.0356. The molecule has 0 aromatic heterocycles. The molecular weight excluding hydrogens is 589 g/mol. The van der Waals surface area contributed by atoms with Crippen LogP contribution in [-0.4, -0.2) is 106 Å². The summed E-state index contributed by atoms with van der Waals surface area (Å²) < 4.78 is 68.7. The number of nitrogens with zero attached hydrogens (tertiary/aromatic N) is 1. The van der Waals surface area contributed by atoms with Crippen molar-refractivity contribution in [3.05, 3.63) is 0 Å². The van der Waals surface area contributed by atoms with Crippen molar-refractivity contribution in [2.75, 3.05) is 54.6 Å². The fraction of sp³-hybridized carbons (Fsp3) is 1.00. The molecule has 0 amide bonds. The van der Waals surface area contributed by atoms with E-state index in [0.717, 1.165) is 4.90 Å². The number of hydrogen-bond donors (Lipinski definition) is 7. The van der Waals surface area contributed by atoms with Crippen LogP contribution in [0.5, 0.6) is 0 Å². The first-order chi connectivity index (χ1) is 16.4. The Hall–Kier alpha value is 0.524. The summed E-state index contributed by atoms with van der Waals surface area (Å²) in [6.07, 6.45) is 0.768. The van der Waals surface area contributed by atoms with E-state index in [1.165, 1.54) is 21.3 Å². The minimum atomic E-state index is -4.83. The van der Waals surface area contributed by atoms with Gasteiger partial charge in [-0.2, -0.15) is 0 Å². The molecule has 7 N–H and O–H groups in total. The van der Waals surface area contributed by atoms with Gasteiger partial charge in [0.2, 0.25) is 0 Å². The van der Waals surface area contributed by atoms with Crippen LogP contribution >= 0.6 is 23.5 Å². The van der Waals surface area contributed by atoms with Crippen LogP contribution in [0.1, 0.15) is 12.8 Å². The van der Waals surface area contributed by atoms with Gasteiger partial charge < -0.3 is 46.8 Å². The van der Waals surface area contributed by atoms with Crippen LogP contribution in [0.25, 0.3) is 0 Å². The summed E-state index contributed by atoms with van der Waals surface area (Å²) in [4.78, 5) is 54.0. The number of rotatable bonds is 22. The van der Waals surface area contributed by atoms with Gasteiger partial charge in [0, 0.05) is 33.9 Å². The Labute approximate surface area is 211 Å². The van der Waals surface area contributed by atoms with Gasteiger partial charge in [0.25, 0.3) is 0 Å². The van der Waals surface area contributed by atoms with Gasteiger partial charge in [-0.05, 0) is 32.0 Å². The summed E-state index contributed by atoms with van der Waals surface area (Å²) in [5.41, 5.74) is 0. The smallest absolute Gasteiger partial charge is 0.398 e. The Balaban J connectivity index is 4.97. The van der Waals surface area contributed by atoms with E-state index >= 15 is 0 Å². The average Bonchev–Trinajstić information content (AvgIpc) is 2.74. The number of phosphoric acid groups is 3. The third-order valence-electron chi connectivity index (χ3n) is 4.52. The highest BCUT2D eigenvalue weighted by molar-refractivity contribution is 7.46. The highest BCUT2D eigenvalue weighted by Crippen LogP contribution is 2.38. The maximum absolute atomic E-state index is 11.0. The lowest BCUT2D eigenvalue weighted by atomic mass is 10.4. The molecule has 0 rings (SSSR count). The van der Waals surface area contributed by atoms with Crippen molar-refractivity contribution >= 4 is 40.8 Å². The molecule has 18 nitrogen and oxygen atoms in total. The molecule has 0 spiro atoms. The van der Waals surface area contributed by atoms with Gasteiger partial charge in [-0.25, -0.2) is 13.7 Å². The third-order valence-corrected chi connectivity index (χ3v) is 13.2. The van der Waals surface area contributed by atoms with E-state index in [2.05, 4.69) is 18.9 Å². The van der Waals surface area contributed by atoms with Crippen molar-refractivity contribution in [1.82, 2.24) is 10.2 Å². The zero-order valence-electron chi connectivity index (χ0n) is 20.4. The SMILES string of the molecule is CO[Si](C)(CCCN(COP(=O)(O)O)COP(=O)(O)O)O[Si](CCCNCOP(=O)(O)O)(OC)OC. The Morgan fingerprint density at radius 2 is 1.25 bits per heavy atom. The Bertz CT molecular complexity index is 736. The number of hydrogen-bond acceptors (Lipinski definition) is 12. The predicted octanol–water partition coefficient (Wildman–Crippen LogP) is -0.175. The molecule has 0 aliphatic rings. The maximum atomic E-state index is 11.0. The van der Waals surface area contributed by atoms with Crippen molar-refractivity contribution in [3.8, 4) is 0 Å². The van der Waals surface area contributed by atoms with Crippen LogP contribution in [0.2, 0.25) is 18.6 Å². The second kappa shape index (κ2) is 16.6. The molecule has 0 radical (unpaired) electrons. The first-order valence-electron chi connectivity index (χ1n) is 10.3. The molecular formula is C13H37N2O16P3Si2. The van der Waals surface area contributed by atoms with Crippen LogP contribution in [0.3, 0.4) is 0 Å². The van der Waals surface area contributed by atoms with Gasteiger partial charge in [-0.15, -0.1) is 0 Å². The molecule has 23 heteroatoms. The molecule has 0 saturated heterocycles. The Kier molecular flexibility index (Phi) is 16.8. The van der Waals surface area contributed by atoms with E-state index in [-0.39, 0.29) is 13.3 Å². The fourth-order valence-electron chi connectivity index (χ4n) is 2.68. The van der Waals surface area contributed by atoms with Crippen LogP contribution in [0.15, 0.2) is 0 Å².